The molecule has 0 aromatic heterocycles. The van der Waals surface area contributed by atoms with E-state index in [0.29, 0.717) is 12.5 Å². The van der Waals surface area contributed by atoms with Gasteiger partial charge < -0.3 is 10.2 Å². The summed E-state index contributed by atoms with van der Waals surface area (Å²) in [6.45, 7) is 7.99. The lowest BCUT2D eigenvalue weighted by molar-refractivity contribution is -0.138. The Morgan fingerprint density at radius 3 is 2.24 bits per heavy atom. The second kappa shape index (κ2) is 9.75. The fourth-order valence-corrected chi connectivity index (χ4v) is 3.42. The van der Waals surface area contributed by atoms with Gasteiger partial charge in [0.05, 0.1) is 6.54 Å². The summed E-state index contributed by atoms with van der Waals surface area (Å²) in [5.41, 5.74) is 0. The molecule has 2 saturated heterocycles. The van der Waals surface area contributed by atoms with Gasteiger partial charge in [-0.15, -0.1) is 0 Å². The lowest BCUT2D eigenvalue weighted by atomic mass is 9.94. The van der Waals surface area contributed by atoms with Crippen molar-refractivity contribution in [2.45, 2.75) is 46.0 Å². The van der Waals surface area contributed by atoms with E-state index in [9.17, 15) is 14.4 Å². The normalized spacial score (nSPS) is 19.7. The third kappa shape index (κ3) is 6.65. The average molecular weight is 352 g/mol. The van der Waals surface area contributed by atoms with Gasteiger partial charge in [0, 0.05) is 25.6 Å². The second-order valence-corrected chi connectivity index (χ2v) is 7.59. The second-order valence-electron chi connectivity index (χ2n) is 7.59. The van der Waals surface area contributed by atoms with Crippen LogP contribution in [-0.4, -0.2) is 66.9 Å². The Bertz CT molecular complexity index is 467. The minimum atomic E-state index is -0.436. The largest absolute Gasteiger partial charge is 0.342 e. The summed E-state index contributed by atoms with van der Waals surface area (Å²) in [5.74, 6) is 0.433. The zero-order valence-electron chi connectivity index (χ0n) is 15.6. The minimum Gasteiger partial charge on any atom is -0.342 e. The first-order valence-corrected chi connectivity index (χ1v) is 9.54. The van der Waals surface area contributed by atoms with Gasteiger partial charge in [-0.1, -0.05) is 13.8 Å². The zero-order chi connectivity index (χ0) is 18.2. The van der Waals surface area contributed by atoms with Crippen LogP contribution in [0.5, 0.6) is 0 Å². The van der Waals surface area contributed by atoms with Crippen LogP contribution in [0.1, 0.15) is 46.0 Å². The number of carbonyl (C=O) groups excluding carboxylic acids is 3. The van der Waals surface area contributed by atoms with Gasteiger partial charge in [0.2, 0.25) is 11.8 Å². The fourth-order valence-electron chi connectivity index (χ4n) is 3.42. The van der Waals surface area contributed by atoms with Crippen molar-refractivity contribution in [1.82, 2.24) is 20.4 Å². The van der Waals surface area contributed by atoms with Crippen LogP contribution < -0.4 is 10.6 Å². The van der Waals surface area contributed by atoms with Crippen molar-refractivity contribution in [3.05, 3.63) is 0 Å². The number of nitrogens with one attached hydrogen (secondary N) is 2. The monoisotopic (exact) mass is 352 g/mol. The van der Waals surface area contributed by atoms with Crippen molar-refractivity contribution in [3.63, 3.8) is 0 Å². The van der Waals surface area contributed by atoms with E-state index in [1.807, 2.05) is 23.6 Å². The molecule has 0 atom stereocenters. The molecule has 2 aliphatic heterocycles. The summed E-state index contributed by atoms with van der Waals surface area (Å²) in [7, 11) is 0. The topological polar surface area (TPSA) is 81.8 Å². The summed E-state index contributed by atoms with van der Waals surface area (Å²) >= 11 is 0. The lowest BCUT2D eigenvalue weighted by Gasteiger charge is -2.35. The van der Waals surface area contributed by atoms with E-state index in [-0.39, 0.29) is 24.3 Å². The van der Waals surface area contributed by atoms with Crippen molar-refractivity contribution < 1.29 is 14.4 Å². The maximum absolute atomic E-state index is 12.5. The molecule has 4 amide bonds. The smallest absolute Gasteiger partial charge is 0.321 e. The molecule has 142 valence electrons. The van der Waals surface area contributed by atoms with Gasteiger partial charge in [-0.25, -0.2) is 4.79 Å². The predicted molar refractivity (Wildman–Crippen MR) is 96.0 cm³/mol. The van der Waals surface area contributed by atoms with Gasteiger partial charge in [0.15, 0.2) is 0 Å². The number of imide groups is 1. The molecule has 2 aliphatic rings. The molecule has 0 radical (unpaired) electrons. The van der Waals surface area contributed by atoms with Crippen LogP contribution in [0.4, 0.5) is 4.79 Å². The Kier molecular flexibility index (Phi) is 7.68. The molecule has 0 saturated carbocycles. The van der Waals surface area contributed by atoms with E-state index in [0.717, 1.165) is 51.9 Å². The number of amides is 4. The highest BCUT2D eigenvalue weighted by Crippen LogP contribution is 2.21. The van der Waals surface area contributed by atoms with Crippen molar-refractivity contribution in [1.29, 1.82) is 0 Å². The first-order valence-electron chi connectivity index (χ1n) is 9.54. The molecule has 0 aromatic carbocycles. The van der Waals surface area contributed by atoms with Gasteiger partial charge >= 0.3 is 6.03 Å². The molecule has 0 bridgehead atoms. The Balaban J connectivity index is 1.66. The van der Waals surface area contributed by atoms with Gasteiger partial charge in [-0.3, -0.25) is 19.8 Å². The number of hydrogen-bond acceptors (Lipinski definition) is 4. The third-order valence-electron chi connectivity index (χ3n) is 4.90. The first-order chi connectivity index (χ1) is 12.0. The van der Waals surface area contributed by atoms with Crippen molar-refractivity contribution in [2.75, 3.05) is 39.3 Å². The highest BCUT2D eigenvalue weighted by atomic mass is 16.2. The van der Waals surface area contributed by atoms with Gasteiger partial charge in [-0.05, 0) is 51.1 Å². The van der Waals surface area contributed by atoms with E-state index < -0.39 is 6.03 Å². The Hall–Kier alpha value is -1.63. The summed E-state index contributed by atoms with van der Waals surface area (Å²) < 4.78 is 0. The molecule has 25 heavy (non-hydrogen) atoms. The third-order valence-corrected chi connectivity index (χ3v) is 4.90. The number of carbonyl (C=O) groups is 3. The molecular weight excluding hydrogens is 320 g/mol. The van der Waals surface area contributed by atoms with Crippen LogP contribution in [0.25, 0.3) is 0 Å². The van der Waals surface area contributed by atoms with Gasteiger partial charge in [0.25, 0.3) is 0 Å². The summed E-state index contributed by atoms with van der Waals surface area (Å²) in [6.07, 6.45) is 5.04. The van der Waals surface area contributed by atoms with E-state index in [1.54, 1.807) is 0 Å². The van der Waals surface area contributed by atoms with Crippen molar-refractivity contribution >= 4 is 17.8 Å². The summed E-state index contributed by atoms with van der Waals surface area (Å²) in [4.78, 5) is 40.1. The fraction of sp³-hybridized carbons (Fsp3) is 0.833. The number of nitrogens with zero attached hydrogens (tertiary/aromatic N) is 2. The van der Waals surface area contributed by atoms with E-state index >= 15 is 0 Å². The Morgan fingerprint density at radius 2 is 1.64 bits per heavy atom. The summed E-state index contributed by atoms with van der Waals surface area (Å²) in [5, 5.41) is 5.03. The molecule has 2 heterocycles. The molecule has 0 aromatic rings. The van der Waals surface area contributed by atoms with E-state index in [2.05, 4.69) is 10.6 Å². The standard InChI is InChI=1S/C18H32N4O3/c1-14(2)12-19-18(25)20-16(23)13-21-10-6-15(7-11-21)17(24)22-8-4-3-5-9-22/h14-15H,3-13H2,1-2H3,(H2,19,20,23,25). The van der Waals surface area contributed by atoms with Crippen LogP contribution in [0, 0.1) is 11.8 Å². The molecule has 2 fully saturated rings. The number of hydrogen-bond donors (Lipinski definition) is 2. The highest BCUT2D eigenvalue weighted by Gasteiger charge is 2.29. The van der Waals surface area contributed by atoms with Gasteiger partial charge in [0.1, 0.15) is 0 Å². The number of likely N-dealkylation sites (tertiary alicyclic amines) is 2. The quantitative estimate of drug-likeness (QED) is 0.779. The molecule has 7 heteroatoms. The van der Waals surface area contributed by atoms with E-state index in [4.69, 9.17) is 0 Å². The molecule has 7 nitrogen and oxygen atoms in total. The highest BCUT2D eigenvalue weighted by molar-refractivity contribution is 5.95. The molecule has 0 unspecified atom stereocenters. The molecule has 2 N–H and O–H groups in total. The van der Waals surface area contributed by atoms with Crippen LogP contribution in [-0.2, 0) is 9.59 Å². The first kappa shape index (κ1) is 19.7. The lowest BCUT2D eigenvalue weighted by Crippen LogP contribution is -2.48. The minimum absolute atomic E-state index is 0.0896. The summed E-state index contributed by atoms with van der Waals surface area (Å²) in [6, 6.07) is -0.436. The number of piperidine rings is 2. The van der Waals surface area contributed by atoms with Gasteiger partial charge in [-0.2, -0.15) is 0 Å². The predicted octanol–water partition coefficient (Wildman–Crippen LogP) is 1.19. The maximum atomic E-state index is 12.5. The number of rotatable bonds is 5. The van der Waals surface area contributed by atoms with Crippen LogP contribution >= 0.6 is 0 Å². The molecule has 0 spiro atoms. The Labute approximate surface area is 150 Å². The van der Waals surface area contributed by atoms with Crippen LogP contribution in [0.3, 0.4) is 0 Å². The SMILES string of the molecule is CC(C)CNC(=O)NC(=O)CN1CCC(C(=O)N2CCCCC2)CC1. The van der Waals surface area contributed by atoms with Crippen LogP contribution in [0.15, 0.2) is 0 Å². The molecule has 0 aliphatic carbocycles. The maximum Gasteiger partial charge on any atom is 0.321 e. The van der Waals surface area contributed by atoms with Crippen molar-refractivity contribution in [2.24, 2.45) is 11.8 Å². The van der Waals surface area contributed by atoms with Crippen molar-refractivity contribution in [3.8, 4) is 0 Å². The Morgan fingerprint density at radius 1 is 1.00 bits per heavy atom. The van der Waals surface area contributed by atoms with E-state index in [1.165, 1.54) is 6.42 Å². The molecular formula is C18H32N4O3. The molecule has 2 rings (SSSR count). The number of urea groups is 1. The van der Waals surface area contributed by atoms with Crippen LogP contribution in [0.2, 0.25) is 0 Å². The zero-order valence-corrected chi connectivity index (χ0v) is 15.6. The average Bonchev–Trinajstić information content (AvgIpc) is 2.60.